The highest BCUT2D eigenvalue weighted by Gasteiger charge is 2.21. The van der Waals surface area contributed by atoms with E-state index in [1.54, 1.807) is 73.7 Å². The van der Waals surface area contributed by atoms with Gasteiger partial charge in [-0.2, -0.15) is 0 Å². The molecule has 0 atom stereocenters. The summed E-state index contributed by atoms with van der Waals surface area (Å²) >= 11 is 12.3. The number of aryl methyl sites for hydroxylation is 1. The Morgan fingerprint density at radius 3 is 2.26 bits per heavy atom. The van der Waals surface area contributed by atoms with Gasteiger partial charge in [0, 0.05) is 26.6 Å². The van der Waals surface area contributed by atoms with E-state index in [1.807, 2.05) is 30.3 Å². The van der Waals surface area contributed by atoms with Gasteiger partial charge < -0.3 is 13.9 Å². The molecule has 194 valence electrons. The molecule has 39 heavy (non-hydrogen) atoms. The van der Waals surface area contributed by atoms with Crippen LogP contribution in [0.2, 0.25) is 10.0 Å². The van der Waals surface area contributed by atoms with Crippen LogP contribution < -0.4 is 9.47 Å². The van der Waals surface area contributed by atoms with Crippen molar-refractivity contribution < 1.29 is 23.5 Å². The van der Waals surface area contributed by atoms with Gasteiger partial charge in [0.1, 0.15) is 35.0 Å². The summed E-state index contributed by atoms with van der Waals surface area (Å²) in [6.45, 7) is 2.11. The van der Waals surface area contributed by atoms with Crippen LogP contribution in [-0.2, 0) is 6.61 Å². The van der Waals surface area contributed by atoms with E-state index in [0.29, 0.717) is 61.6 Å². The van der Waals surface area contributed by atoms with Crippen molar-refractivity contribution in [2.24, 2.45) is 0 Å². The summed E-state index contributed by atoms with van der Waals surface area (Å²) in [5.74, 6) is 0.517. The average molecular weight is 557 g/mol. The molecule has 0 aliphatic carbocycles. The minimum atomic E-state index is -0.571. The molecule has 7 heteroatoms. The van der Waals surface area contributed by atoms with Crippen LogP contribution in [0.5, 0.6) is 11.5 Å². The number of furan rings is 1. The summed E-state index contributed by atoms with van der Waals surface area (Å²) in [6, 6.07) is 26.6. The second-order valence-electron chi connectivity index (χ2n) is 8.71. The molecule has 0 amide bonds. The molecule has 5 nitrogen and oxygen atoms in total. The molecule has 1 aromatic heterocycles. The number of halogens is 2. The molecule has 0 aliphatic heterocycles. The van der Waals surface area contributed by atoms with Crippen LogP contribution >= 0.6 is 23.2 Å². The number of allylic oxidation sites excluding steroid dienone is 1. The Morgan fingerprint density at radius 1 is 0.846 bits per heavy atom. The first-order valence-electron chi connectivity index (χ1n) is 12.1. The first kappa shape index (κ1) is 26.3. The van der Waals surface area contributed by atoms with Gasteiger partial charge in [0.2, 0.25) is 0 Å². The zero-order valence-electron chi connectivity index (χ0n) is 20.8. The summed E-state index contributed by atoms with van der Waals surface area (Å²) in [5.41, 5.74) is 2.88. The van der Waals surface area contributed by atoms with E-state index < -0.39 is 5.97 Å². The lowest BCUT2D eigenvalue weighted by Gasteiger charge is -2.07. The van der Waals surface area contributed by atoms with E-state index in [9.17, 15) is 9.59 Å². The van der Waals surface area contributed by atoms with Crippen molar-refractivity contribution >= 4 is 52.0 Å². The van der Waals surface area contributed by atoms with Gasteiger partial charge in [0.15, 0.2) is 5.78 Å². The number of ether oxygens (including phenoxy) is 2. The fourth-order valence-electron chi connectivity index (χ4n) is 4.05. The van der Waals surface area contributed by atoms with Crippen LogP contribution in [0.25, 0.3) is 17.0 Å². The van der Waals surface area contributed by atoms with Gasteiger partial charge in [0.05, 0.1) is 0 Å². The molecule has 0 aliphatic rings. The predicted molar refractivity (Wildman–Crippen MR) is 153 cm³/mol. The molecule has 5 rings (SSSR count). The predicted octanol–water partition coefficient (Wildman–Crippen LogP) is 8.74. The molecule has 0 bridgehead atoms. The molecular weight excluding hydrogens is 535 g/mol. The first-order chi connectivity index (χ1) is 18.9. The Bertz CT molecular complexity index is 1670. The van der Waals surface area contributed by atoms with E-state index in [2.05, 4.69) is 0 Å². The minimum absolute atomic E-state index is 0.247. The zero-order chi connectivity index (χ0) is 27.4. The number of carbonyl (C=O) groups excluding carboxylic acids is 2. The lowest BCUT2D eigenvalue weighted by atomic mass is 10.1. The van der Waals surface area contributed by atoms with Crippen LogP contribution in [-0.4, -0.2) is 11.8 Å². The Hall–Kier alpha value is -4.32. The number of ketones is 1. The lowest BCUT2D eigenvalue weighted by molar-refractivity contribution is 0.0734. The molecule has 0 radical (unpaired) electrons. The average Bonchev–Trinajstić information content (AvgIpc) is 3.27. The quantitative estimate of drug-likeness (QED) is 0.0826. The molecular formula is C32H22Cl2O5. The summed E-state index contributed by atoms with van der Waals surface area (Å²) in [4.78, 5) is 25.7. The molecule has 4 aromatic carbocycles. The van der Waals surface area contributed by atoms with Crippen LogP contribution in [0.1, 0.15) is 37.6 Å². The van der Waals surface area contributed by atoms with Crippen LogP contribution in [0.15, 0.2) is 101 Å². The number of fused-ring (bicyclic) bond motifs is 1. The third-order valence-corrected chi connectivity index (χ3v) is 6.70. The highest BCUT2D eigenvalue weighted by molar-refractivity contribution is 6.37. The molecule has 0 unspecified atom stereocenters. The maximum atomic E-state index is 13.1. The SMILES string of the molecule is Cc1oc2ccc(OCc3ccccc3)cc2c1C(=O)Oc1ccc(C(=O)/C=C/c2c(Cl)cccc2Cl)cc1. The summed E-state index contributed by atoms with van der Waals surface area (Å²) in [5, 5.41) is 1.50. The number of benzene rings is 4. The maximum Gasteiger partial charge on any atom is 0.347 e. The molecule has 0 fully saturated rings. The van der Waals surface area contributed by atoms with Crippen LogP contribution in [0, 0.1) is 6.92 Å². The normalized spacial score (nSPS) is 11.2. The highest BCUT2D eigenvalue weighted by atomic mass is 35.5. The minimum Gasteiger partial charge on any atom is -0.489 e. The Morgan fingerprint density at radius 2 is 1.54 bits per heavy atom. The zero-order valence-corrected chi connectivity index (χ0v) is 22.3. The second kappa shape index (κ2) is 11.6. The fourth-order valence-corrected chi connectivity index (χ4v) is 4.58. The van der Waals surface area contributed by atoms with Crippen molar-refractivity contribution in [2.75, 3.05) is 0 Å². The Labute approximate surface area is 235 Å². The highest BCUT2D eigenvalue weighted by Crippen LogP contribution is 2.31. The monoisotopic (exact) mass is 556 g/mol. The second-order valence-corrected chi connectivity index (χ2v) is 9.53. The third-order valence-electron chi connectivity index (χ3n) is 6.04. The number of carbonyl (C=O) groups is 2. The van der Waals surface area contributed by atoms with E-state index >= 15 is 0 Å². The topological polar surface area (TPSA) is 65.7 Å². The van der Waals surface area contributed by atoms with Gasteiger partial charge in [-0.1, -0.05) is 59.6 Å². The van der Waals surface area contributed by atoms with Crippen molar-refractivity contribution in [1.29, 1.82) is 0 Å². The van der Waals surface area contributed by atoms with Gasteiger partial charge in [-0.05, 0) is 79.2 Å². The molecule has 0 N–H and O–H groups in total. The van der Waals surface area contributed by atoms with Crippen LogP contribution in [0.4, 0.5) is 0 Å². The maximum absolute atomic E-state index is 13.1. The number of rotatable bonds is 8. The fraction of sp³-hybridized carbons (Fsp3) is 0.0625. The number of esters is 1. The Kier molecular flexibility index (Phi) is 7.82. The van der Waals surface area contributed by atoms with Gasteiger partial charge in [0.25, 0.3) is 0 Å². The van der Waals surface area contributed by atoms with E-state index in [-0.39, 0.29) is 5.78 Å². The van der Waals surface area contributed by atoms with Crippen molar-refractivity contribution in [3.05, 3.63) is 135 Å². The largest absolute Gasteiger partial charge is 0.489 e. The van der Waals surface area contributed by atoms with Crippen molar-refractivity contribution in [3.8, 4) is 11.5 Å². The molecule has 0 saturated carbocycles. The first-order valence-corrected chi connectivity index (χ1v) is 12.8. The molecule has 1 heterocycles. The van der Waals surface area contributed by atoms with E-state index in [1.165, 1.54) is 6.08 Å². The summed E-state index contributed by atoms with van der Waals surface area (Å²) in [7, 11) is 0. The lowest BCUT2D eigenvalue weighted by Crippen LogP contribution is -2.09. The third kappa shape index (κ3) is 6.06. The number of hydrogen-bond acceptors (Lipinski definition) is 5. The van der Waals surface area contributed by atoms with Crippen molar-refractivity contribution in [1.82, 2.24) is 0 Å². The summed E-state index contributed by atoms with van der Waals surface area (Å²) < 4.78 is 17.3. The van der Waals surface area contributed by atoms with Crippen LogP contribution in [0.3, 0.4) is 0 Å². The standard InChI is InChI=1S/C32H22Cl2O5/c1-20-31(26-18-24(14-17-30(26)38-20)37-19-21-6-3-2-4-7-21)32(36)39-23-12-10-22(11-13-23)29(35)16-15-25-27(33)8-5-9-28(25)34/h2-18H,19H2,1H3/b16-15+. The molecule has 5 aromatic rings. The Balaban J connectivity index is 1.29. The van der Waals surface area contributed by atoms with Gasteiger partial charge in [-0.25, -0.2) is 4.79 Å². The van der Waals surface area contributed by atoms with Gasteiger partial charge in [-0.15, -0.1) is 0 Å². The van der Waals surface area contributed by atoms with Crippen molar-refractivity contribution in [2.45, 2.75) is 13.5 Å². The van der Waals surface area contributed by atoms with Gasteiger partial charge >= 0.3 is 5.97 Å². The molecule has 0 spiro atoms. The van der Waals surface area contributed by atoms with E-state index in [0.717, 1.165) is 5.56 Å². The van der Waals surface area contributed by atoms with E-state index in [4.69, 9.17) is 37.1 Å². The van der Waals surface area contributed by atoms with Gasteiger partial charge in [-0.3, -0.25) is 4.79 Å². The summed E-state index contributed by atoms with van der Waals surface area (Å²) in [6.07, 6.45) is 2.97. The van der Waals surface area contributed by atoms with Crippen molar-refractivity contribution in [3.63, 3.8) is 0 Å². The smallest absolute Gasteiger partial charge is 0.347 e. The number of hydrogen-bond donors (Lipinski definition) is 0. The molecule has 0 saturated heterocycles.